The molecule has 1 aromatic heterocycles. The number of rotatable bonds is 5. The van der Waals surface area contributed by atoms with Crippen molar-refractivity contribution in [1.82, 2.24) is 4.98 Å². The standard InChI is InChI=1S/C12H12ClNO2S.C9H12/c1-2-5-17(15,16)10-3-4-12-11(6-10)9(7-13)8-14-12;1-8(2)9-6-4-3-5-7-9/h2-4,6,8,14H,1,5,7H2;3-8H,1-2H3. The molecule has 0 spiro atoms. The van der Waals surface area contributed by atoms with E-state index in [1.807, 2.05) is 6.07 Å². The van der Waals surface area contributed by atoms with Gasteiger partial charge in [-0.1, -0.05) is 50.3 Å². The van der Waals surface area contributed by atoms with Gasteiger partial charge in [0.25, 0.3) is 0 Å². The molecule has 0 atom stereocenters. The molecule has 0 bridgehead atoms. The van der Waals surface area contributed by atoms with Crippen LogP contribution in [0.2, 0.25) is 0 Å². The van der Waals surface area contributed by atoms with Crippen LogP contribution >= 0.6 is 11.6 Å². The summed E-state index contributed by atoms with van der Waals surface area (Å²) in [4.78, 5) is 3.35. The van der Waals surface area contributed by atoms with Gasteiger partial charge in [0, 0.05) is 23.0 Å². The molecule has 0 saturated heterocycles. The molecule has 0 amide bonds. The summed E-state index contributed by atoms with van der Waals surface area (Å²) in [5.74, 6) is 0.954. The number of hydrogen-bond acceptors (Lipinski definition) is 2. The SMILES string of the molecule is C=CCS(=O)(=O)c1ccc2[nH]cc(CCl)c2c1.CC(C)c1ccccc1. The normalized spacial score (nSPS) is 11.2. The minimum absolute atomic E-state index is 0.0564. The van der Waals surface area contributed by atoms with Crippen LogP contribution in [0.5, 0.6) is 0 Å². The maximum absolute atomic E-state index is 11.9. The number of alkyl halides is 1. The van der Waals surface area contributed by atoms with E-state index in [0.717, 1.165) is 16.5 Å². The zero-order chi connectivity index (χ0) is 19.2. The molecule has 5 heteroatoms. The molecule has 3 aromatic rings. The van der Waals surface area contributed by atoms with Crippen LogP contribution in [-0.4, -0.2) is 19.2 Å². The van der Waals surface area contributed by atoms with Gasteiger partial charge < -0.3 is 4.98 Å². The summed E-state index contributed by atoms with van der Waals surface area (Å²) in [5.41, 5.74) is 3.20. The lowest BCUT2D eigenvalue weighted by molar-refractivity contribution is 0.599. The topological polar surface area (TPSA) is 49.9 Å². The number of aromatic amines is 1. The van der Waals surface area contributed by atoms with Crippen LogP contribution in [0.15, 0.2) is 72.3 Å². The summed E-state index contributed by atoms with van der Waals surface area (Å²) < 4.78 is 23.8. The highest BCUT2D eigenvalue weighted by Gasteiger charge is 2.14. The summed E-state index contributed by atoms with van der Waals surface area (Å²) in [6.07, 6.45) is 3.18. The fraction of sp³-hybridized carbons (Fsp3) is 0.238. The zero-order valence-corrected chi connectivity index (χ0v) is 16.6. The zero-order valence-electron chi connectivity index (χ0n) is 15.1. The first-order valence-corrected chi connectivity index (χ1v) is 10.6. The fourth-order valence-corrected chi connectivity index (χ4v) is 3.85. The van der Waals surface area contributed by atoms with Gasteiger partial charge in [-0.25, -0.2) is 8.42 Å². The lowest BCUT2D eigenvalue weighted by atomic mass is 10.0. The molecule has 3 nitrogen and oxygen atoms in total. The van der Waals surface area contributed by atoms with Crippen LogP contribution in [0.4, 0.5) is 0 Å². The average molecular weight is 390 g/mol. The second kappa shape index (κ2) is 9.06. The lowest BCUT2D eigenvalue weighted by Crippen LogP contribution is -2.04. The quantitative estimate of drug-likeness (QED) is 0.451. The largest absolute Gasteiger partial charge is 0.361 e. The molecule has 0 fully saturated rings. The first kappa shape index (κ1) is 20.3. The van der Waals surface area contributed by atoms with E-state index in [1.54, 1.807) is 24.4 Å². The summed E-state index contributed by atoms with van der Waals surface area (Å²) >= 11 is 5.79. The number of aromatic nitrogens is 1. The summed E-state index contributed by atoms with van der Waals surface area (Å²) in [7, 11) is -3.28. The van der Waals surface area contributed by atoms with Crippen molar-refractivity contribution in [2.75, 3.05) is 5.75 Å². The van der Waals surface area contributed by atoms with Gasteiger partial charge in [-0.05, 0) is 35.2 Å². The van der Waals surface area contributed by atoms with Crippen LogP contribution in [0.25, 0.3) is 10.9 Å². The molecule has 26 heavy (non-hydrogen) atoms. The van der Waals surface area contributed by atoms with Gasteiger partial charge in [0.2, 0.25) is 0 Å². The molecule has 138 valence electrons. The van der Waals surface area contributed by atoms with Crippen molar-refractivity contribution in [1.29, 1.82) is 0 Å². The molecule has 3 rings (SSSR count). The van der Waals surface area contributed by atoms with Gasteiger partial charge in [0.1, 0.15) is 0 Å². The van der Waals surface area contributed by atoms with Crippen LogP contribution in [-0.2, 0) is 15.7 Å². The van der Waals surface area contributed by atoms with E-state index in [1.165, 1.54) is 11.6 Å². The second-order valence-electron chi connectivity index (χ2n) is 6.29. The maximum Gasteiger partial charge on any atom is 0.181 e. The van der Waals surface area contributed by atoms with E-state index in [9.17, 15) is 8.42 Å². The van der Waals surface area contributed by atoms with Gasteiger partial charge in [-0.15, -0.1) is 18.2 Å². The Balaban J connectivity index is 0.000000228. The Bertz CT molecular complexity index is 960. The molecule has 1 N–H and O–H groups in total. The van der Waals surface area contributed by atoms with Crippen molar-refractivity contribution < 1.29 is 8.42 Å². The van der Waals surface area contributed by atoms with E-state index in [-0.39, 0.29) is 5.75 Å². The number of H-pyrrole nitrogens is 1. The third kappa shape index (κ3) is 4.99. The van der Waals surface area contributed by atoms with Gasteiger partial charge in [0.15, 0.2) is 9.84 Å². The first-order valence-electron chi connectivity index (χ1n) is 8.43. The van der Waals surface area contributed by atoms with Crippen molar-refractivity contribution in [3.8, 4) is 0 Å². The third-order valence-electron chi connectivity index (χ3n) is 4.05. The number of sulfone groups is 1. The van der Waals surface area contributed by atoms with Crippen LogP contribution in [0.3, 0.4) is 0 Å². The Kier molecular flexibility index (Phi) is 7.06. The number of benzene rings is 2. The Hall–Kier alpha value is -2.04. The monoisotopic (exact) mass is 389 g/mol. The van der Waals surface area contributed by atoms with Gasteiger partial charge in [-0.3, -0.25) is 0 Å². The Morgan fingerprint density at radius 2 is 1.85 bits per heavy atom. The number of nitrogens with one attached hydrogen (secondary N) is 1. The molecular weight excluding hydrogens is 366 g/mol. The van der Waals surface area contributed by atoms with Crippen molar-refractivity contribution >= 4 is 32.3 Å². The Morgan fingerprint density at radius 1 is 1.15 bits per heavy atom. The molecule has 2 aromatic carbocycles. The molecule has 0 aliphatic heterocycles. The average Bonchev–Trinajstić information content (AvgIpc) is 3.05. The molecule has 1 heterocycles. The van der Waals surface area contributed by atoms with Gasteiger partial charge in [-0.2, -0.15) is 0 Å². The van der Waals surface area contributed by atoms with Gasteiger partial charge in [0.05, 0.1) is 10.6 Å². The summed E-state index contributed by atoms with van der Waals surface area (Å²) in [6, 6.07) is 15.5. The highest BCUT2D eigenvalue weighted by molar-refractivity contribution is 7.91. The Labute approximate surface area is 160 Å². The summed E-state index contributed by atoms with van der Waals surface area (Å²) in [5, 5.41) is 0.852. The van der Waals surface area contributed by atoms with E-state index in [4.69, 9.17) is 11.6 Å². The minimum atomic E-state index is -3.28. The highest BCUT2D eigenvalue weighted by atomic mass is 35.5. The van der Waals surface area contributed by atoms with Crippen molar-refractivity contribution in [3.63, 3.8) is 0 Å². The second-order valence-corrected chi connectivity index (χ2v) is 8.59. The summed E-state index contributed by atoms with van der Waals surface area (Å²) in [6.45, 7) is 7.86. The Morgan fingerprint density at radius 3 is 2.38 bits per heavy atom. The molecule has 0 radical (unpaired) electrons. The van der Waals surface area contributed by atoms with Crippen LogP contribution in [0, 0.1) is 0 Å². The molecule has 0 aliphatic rings. The van der Waals surface area contributed by atoms with E-state index >= 15 is 0 Å². The predicted octanol–water partition coefficient (Wildman–Crippen LogP) is 5.68. The first-order chi connectivity index (χ1) is 12.4. The van der Waals surface area contributed by atoms with Crippen molar-refractivity contribution in [2.24, 2.45) is 0 Å². The number of fused-ring (bicyclic) bond motifs is 1. The molecule has 0 aliphatic carbocycles. The highest BCUT2D eigenvalue weighted by Crippen LogP contribution is 2.24. The smallest absolute Gasteiger partial charge is 0.181 e. The third-order valence-corrected chi connectivity index (χ3v) is 5.98. The fourth-order valence-electron chi connectivity index (χ4n) is 2.55. The molecule has 0 unspecified atom stereocenters. The van der Waals surface area contributed by atoms with Crippen LogP contribution < -0.4 is 0 Å². The van der Waals surface area contributed by atoms with Crippen molar-refractivity contribution in [3.05, 3.63) is 78.5 Å². The van der Waals surface area contributed by atoms with E-state index in [2.05, 4.69) is 49.7 Å². The van der Waals surface area contributed by atoms with Crippen LogP contribution in [0.1, 0.15) is 30.9 Å². The number of halogens is 1. The minimum Gasteiger partial charge on any atom is -0.361 e. The van der Waals surface area contributed by atoms with Crippen molar-refractivity contribution in [2.45, 2.75) is 30.5 Å². The molecular formula is C21H24ClNO2S. The van der Waals surface area contributed by atoms with E-state index in [0.29, 0.717) is 16.7 Å². The number of hydrogen-bond donors (Lipinski definition) is 1. The molecule has 0 saturated carbocycles. The lowest BCUT2D eigenvalue weighted by Gasteiger charge is -2.02. The van der Waals surface area contributed by atoms with Gasteiger partial charge >= 0.3 is 0 Å². The predicted molar refractivity (Wildman–Crippen MR) is 111 cm³/mol. The van der Waals surface area contributed by atoms with E-state index < -0.39 is 9.84 Å². The maximum atomic E-state index is 11.9.